The highest BCUT2D eigenvalue weighted by Crippen LogP contribution is 2.38. The number of aliphatic hydroxyl groups is 1. The second-order valence-corrected chi connectivity index (χ2v) is 21.3. The fourth-order valence-corrected chi connectivity index (χ4v) is 8.61. The van der Waals surface area contributed by atoms with Crippen molar-refractivity contribution in [1.29, 1.82) is 0 Å². The number of carbonyl (C=O) groups excluding carboxylic acids is 1. The number of nitrogens with zero attached hydrogens (tertiary/aromatic N) is 1. The minimum absolute atomic E-state index is 0.00927. The lowest BCUT2D eigenvalue weighted by molar-refractivity contribution is -0.870. The molecule has 0 bridgehead atoms. The van der Waals surface area contributed by atoms with Crippen molar-refractivity contribution in [2.24, 2.45) is 0 Å². The number of quaternary nitrogens is 1. The number of allylic oxidation sites excluding steroid dienone is 7. The number of likely N-dealkylation sites (N-methyl/N-ethyl adjacent to an activating group) is 1. The second kappa shape index (κ2) is 47.5. The first-order valence-corrected chi connectivity index (χ1v) is 29.0. The summed E-state index contributed by atoms with van der Waals surface area (Å²) in [6.45, 7) is 4.60. The molecule has 0 aliphatic heterocycles. The molecule has 2 N–H and O–H groups in total. The Hall–Kier alpha value is -1.54. The van der Waals surface area contributed by atoms with Gasteiger partial charge in [-0.25, -0.2) is 0 Å². The molecule has 0 aromatic carbocycles. The van der Waals surface area contributed by atoms with E-state index in [2.05, 4.69) is 55.6 Å². The van der Waals surface area contributed by atoms with E-state index in [4.69, 9.17) is 9.05 Å². The van der Waals surface area contributed by atoms with Gasteiger partial charge in [0.2, 0.25) is 5.91 Å². The Morgan fingerprint density at radius 1 is 0.523 bits per heavy atom. The minimum atomic E-state index is -4.60. The molecule has 382 valence electrons. The van der Waals surface area contributed by atoms with Gasteiger partial charge in [-0.15, -0.1) is 0 Å². The zero-order chi connectivity index (χ0) is 47.8. The van der Waals surface area contributed by atoms with Gasteiger partial charge in [-0.05, 0) is 70.6 Å². The van der Waals surface area contributed by atoms with E-state index in [0.29, 0.717) is 17.4 Å². The lowest BCUT2D eigenvalue weighted by atomic mass is 10.0. The van der Waals surface area contributed by atoms with Gasteiger partial charge in [0.15, 0.2) is 0 Å². The molecule has 0 saturated carbocycles. The monoisotopic (exact) mass is 935 g/mol. The Kier molecular flexibility index (Phi) is 46.4. The van der Waals surface area contributed by atoms with Crippen LogP contribution in [-0.4, -0.2) is 68.5 Å². The average Bonchev–Trinajstić information content (AvgIpc) is 3.26. The summed E-state index contributed by atoms with van der Waals surface area (Å²) in [6.07, 6.45) is 62.0. The Bertz CT molecular complexity index is 1200. The number of phosphoric ester groups is 1. The van der Waals surface area contributed by atoms with Gasteiger partial charge < -0.3 is 28.8 Å². The molecule has 0 aliphatic carbocycles. The molecule has 0 fully saturated rings. The summed E-state index contributed by atoms with van der Waals surface area (Å²) in [4.78, 5) is 25.4. The van der Waals surface area contributed by atoms with Crippen molar-refractivity contribution in [3.05, 3.63) is 48.6 Å². The van der Waals surface area contributed by atoms with Gasteiger partial charge in [0.1, 0.15) is 13.2 Å². The summed E-state index contributed by atoms with van der Waals surface area (Å²) in [5, 5.41) is 13.8. The second-order valence-electron chi connectivity index (χ2n) is 19.9. The maximum Gasteiger partial charge on any atom is 0.268 e. The van der Waals surface area contributed by atoms with E-state index in [1.54, 1.807) is 6.08 Å². The molecule has 1 amide bonds. The molecule has 0 heterocycles. The van der Waals surface area contributed by atoms with Crippen LogP contribution in [0.5, 0.6) is 0 Å². The van der Waals surface area contributed by atoms with E-state index >= 15 is 0 Å². The third-order valence-electron chi connectivity index (χ3n) is 12.2. The van der Waals surface area contributed by atoms with E-state index in [-0.39, 0.29) is 12.5 Å². The molecule has 0 aromatic heterocycles. The molecule has 65 heavy (non-hydrogen) atoms. The third-order valence-corrected chi connectivity index (χ3v) is 13.2. The first-order valence-electron chi connectivity index (χ1n) is 27.5. The Balaban J connectivity index is 4.10. The molecule has 0 rings (SSSR count). The smallest absolute Gasteiger partial charge is 0.268 e. The molecule has 0 spiro atoms. The number of hydrogen-bond donors (Lipinski definition) is 2. The Morgan fingerprint density at radius 3 is 1.28 bits per heavy atom. The predicted molar refractivity (Wildman–Crippen MR) is 279 cm³/mol. The van der Waals surface area contributed by atoms with E-state index in [1.165, 1.54) is 180 Å². The van der Waals surface area contributed by atoms with Crippen molar-refractivity contribution in [2.45, 2.75) is 264 Å². The number of unbranched alkanes of at least 4 members (excludes halogenated alkanes) is 31. The van der Waals surface area contributed by atoms with Crippen LogP contribution in [0.2, 0.25) is 0 Å². The number of amides is 1. The molecule has 9 heteroatoms. The molecule has 0 aliphatic rings. The number of hydrogen-bond acceptors (Lipinski definition) is 6. The quantitative estimate of drug-likeness (QED) is 0.0272. The topological polar surface area (TPSA) is 108 Å². The number of nitrogens with one attached hydrogen (secondary N) is 1. The Morgan fingerprint density at radius 2 is 0.862 bits per heavy atom. The van der Waals surface area contributed by atoms with Crippen LogP contribution in [0.3, 0.4) is 0 Å². The zero-order valence-corrected chi connectivity index (χ0v) is 44.3. The fourth-order valence-electron chi connectivity index (χ4n) is 7.89. The van der Waals surface area contributed by atoms with E-state index < -0.39 is 26.6 Å². The fraction of sp³-hybridized carbons (Fsp3) is 0.839. The molecule has 0 radical (unpaired) electrons. The summed E-state index contributed by atoms with van der Waals surface area (Å²) in [5.74, 6) is -0.211. The molecular formula is C56H107N2O6P. The summed E-state index contributed by atoms with van der Waals surface area (Å²) in [7, 11) is 1.24. The van der Waals surface area contributed by atoms with Crippen molar-refractivity contribution in [3.63, 3.8) is 0 Å². The minimum Gasteiger partial charge on any atom is -0.756 e. The van der Waals surface area contributed by atoms with Crippen molar-refractivity contribution < 1.29 is 32.9 Å². The van der Waals surface area contributed by atoms with Crippen LogP contribution in [0.15, 0.2) is 48.6 Å². The van der Waals surface area contributed by atoms with Crippen molar-refractivity contribution in [1.82, 2.24) is 5.32 Å². The van der Waals surface area contributed by atoms with Crippen molar-refractivity contribution in [2.75, 3.05) is 40.9 Å². The van der Waals surface area contributed by atoms with E-state index in [9.17, 15) is 19.4 Å². The lowest BCUT2D eigenvalue weighted by Crippen LogP contribution is -2.45. The van der Waals surface area contributed by atoms with Crippen LogP contribution in [0.4, 0.5) is 0 Å². The average molecular weight is 935 g/mol. The Labute approximate surface area is 403 Å². The molecule has 3 atom stereocenters. The number of carbonyl (C=O) groups is 1. The largest absolute Gasteiger partial charge is 0.756 e. The van der Waals surface area contributed by atoms with Crippen LogP contribution in [-0.2, 0) is 18.4 Å². The van der Waals surface area contributed by atoms with Gasteiger partial charge in [-0.1, -0.05) is 223 Å². The van der Waals surface area contributed by atoms with Crippen molar-refractivity contribution in [3.8, 4) is 0 Å². The van der Waals surface area contributed by atoms with E-state index in [1.807, 2.05) is 27.2 Å². The highest BCUT2D eigenvalue weighted by molar-refractivity contribution is 7.45. The molecule has 0 saturated heterocycles. The molecule has 3 unspecified atom stereocenters. The molecular weight excluding hydrogens is 828 g/mol. The first-order chi connectivity index (χ1) is 31.5. The number of aliphatic hydroxyl groups excluding tert-OH is 1. The van der Waals surface area contributed by atoms with Gasteiger partial charge in [-0.3, -0.25) is 9.36 Å². The van der Waals surface area contributed by atoms with E-state index in [0.717, 1.165) is 51.4 Å². The third kappa shape index (κ3) is 50.2. The summed E-state index contributed by atoms with van der Waals surface area (Å²) >= 11 is 0. The summed E-state index contributed by atoms with van der Waals surface area (Å²) in [6, 6.07) is -0.909. The van der Waals surface area contributed by atoms with Gasteiger partial charge in [0.25, 0.3) is 7.82 Å². The predicted octanol–water partition coefficient (Wildman–Crippen LogP) is 15.7. The SMILES string of the molecule is CCCCC/C=C/CC/C=C/CC/C=C/C(O)C(COP(=O)([O-])OCC[N+](C)(C)C)NC(=O)CCCCCCCCCCCCCCCC/C=C\CCCCCCCCCCCCCC. The van der Waals surface area contributed by atoms with Crippen LogP contribution in [0.25, 0.3) is 0 Å². The highest BCUT2D eigenvalue weighted by atomic mass is 31.2. The van der Waals surface area contributed by atoms with Gasteiger partial charge in [0.05, 0.1) is 39.9 Å². The van der Waals surface area contributed by atoms with Crippen LogP contribution in [0, 0.1) is 0 Å². The van der Waals surface area contributed by atoms with Crippen molar-refractivity contribution >= 4 is 13.7 Å². The van der Waals surface area contributed by atoms with Crippen LogP contribution < -0.4 is 10.2 Å². The standard InChI is InChI=1S/C56H107N2O6P/c1-6-8-10-12-14-16-18-20-21-22-23-24-25-26-27-28-29-30-31-32-33-34-35-36-38-40-42-44-46-48-50-56(60)57-54(53-64-65(61,62)63-52-51-58(3,4)5)55(59)49-47-45-43-41-39-37-19-17-15-13-11-9-7-2/h15,17,26-27,39,41,47,49,54-55,59H,6-14,16,18-25,28-38,40,42-46,48,50-53H2,1-5H3,(H-,57,60,61,62)/b17-15+,27-26-,41-39+,49-47+. The first kappa shape index (κ1) is 63.5. The van der Waals surface area contributed by atoms with Crippen LogP contribution in [0.1, 0.15) is 251 Å². The maximum absolute atomic E-state index is 12.9. The normalized spacial score (nSPS) is 14.4. The summed E-state index contributed by atoms with van der Waals surface area (Å²) < 4.78 is 23.2. The van der Waals surface area contributed by atoms with Gasteiger partial charge in [-0.2, -0.15) is 0 Å². The van der Waals surface area contributed by atoms with Gasteiger partial charge in [0, 0.05) is 6.42 Å². The number of rotatable bonds is 50. The zero-order valence-electron chi connectivity index (χ0n) is 43.4. The lowest BCUT2D eigenvalue weighted by Gasteiger charge is -2.29. The number of phosphoric acid groups is 1. The summed E-state index contributed by atoms with van der Waals surface area (Å²) in [5.41, 5.74) is 0. The van der Waals surface area contributed by atoms with Gasteiger partial charge >= 0.3 is 0 Å². The molecule has 8 nitrogen and oxygen atoms in total. The molecule has 0 aromatic rings. The maximum atomic E-state index is 12.9. The highest BCUT2D eigenvalue weighted by Gasteiger charge is 2.23. The van der Waals surface area contributed by atoms with Crippen LogP contribution >= 0.6 is 7.82 Å².